The predicted octanol–water partition coefficient (Wildman–Crippen LogP) is 1.11. The molecule has 164 valence electrons. The lowest BCUT2D eigenvalue weighted by Crippen LogP contribution is -2.46. The molecule has 0 aliphatic carbocycles. The van der Waals surface area contributed by atoms with E-state index in [9.17, 15) is 9.59 Å². The topological polar surface area (TPSA) is 96.0 Å². The van der Waals surface area contributed by atoms with E-state index < -0.39 is 0 Å². The number of fused-ring (bicyclic) bond motifs is 1. The first-order valence-corrected chi connectivity index (χ1v) is 10.3. The molecular formula is C22H27N5O4. The van der Waals surface area contributed by atoms with E-state index in [1.165, 1.54) is 6.20 Å². The van der Waals surface area contributed by atoms with Crippen molar-refractivity contribution in [2.24, 2.45) is 0 Å². The number of hydrogen-bond donors (Lipinski definition) is 2. The van der Waals surface area contributed by atoms with E-state index >= 15 is 0 Å². The van der Waals surface area contributed by atoms with Gasteiger partial charge in [0.25, 0.3) is 5.91 Å². The van der Waals surface area contributed by atoms with Crippen molar-refractivity contribution in [1.82, 2.24) is 15.2 Å². The zero-order chi connectivity index (χ0) is 21.8. The average Bonchev–Trinajstić information content (AvgIpc) is 2.79. The summed E-state index contributed by atoms with van der Waals surface area (Å²) in [6.45, 7) is 3.29. The van der Waals surface area contributed by atoms with Crippen LogP contribution in [0.2, 0.25) is 0 Å². The molecule has 1 atom stereocenters. The highest BCUT2D eigenvalue weighted by atomic mass is 16.5. The summed E-state index contributed by atoms with van der Waals surface area (Å²) in [7, 11) is 3.65. The number of anilines is 2. The largest absolute Gasteiger partial charge is 0.497 e. The van der Waals surface area contributed by atoms with Gasteiger partial charge in [-0.3, -0.25) is 9.59 Å². The number of aromatic nitrogens is 1. The SMILES string of the molecule is COc1ccc(CN2C(=O)CNc3ncc(C(=O)NCC4CN(C)CCO4)cc32)cc1. The maximum absolute atomic E-state index is 12.7. The monoisotopic (exact) mass is 425 g/mol. The summed E-state index contributed by atoms with van der Waals surface area (Å²) < 4.78 is 10.9. The highest BCUT2D eigenvalue weighted by molar-refractivity contribution is 6.04. The Labute approximate surface area is 181 Å². The van der Waals surface area contributed by atoms with Crippen LogP contribution in [0.5, 0.6) is 5.75 Å². The van der Waals surface area contributed by atoms with Crippen LogP contribution < -0.4 is 20.3 Å². The summed E-state index contributed by atoms with van der Waals surface area (Å²) in [5.74, 6) is 1.02. The standard InChI is InChI=1S/C22H27N5O4/c1-26-7-8-31-18(14-26)11-25-22(29)16-9-19-21(23-10-16)24-12-20(28)27(19)13-15-3-5-17(30-2)6-4-15/h3-6,9-10,18H,7-8,11-14H2,1-2H3,(H,23,24)(H,25,29). The number of amides is 2. The van der Waals surface area contributed by atoms with Crippen LogP contribution in [0.1, 0.15) is 15.9 Å². The number of carbonyl (C=O) groups excluding carboxylic acids is 2. The lowest BCUT2D eigenvalue weighted by molar-refractivity contribution is -0.117. The van der Waals surface area contributed by atoms with Gasteiger partial charge in [0.05, 0.1) is 44.2 Å². The Kier molecular flexibility index (Phi) is 6.34. The van der Waals surface area contributed by atoms with Gasteiger partial charge in [0.2, 0.25) is 5.91 Å². The first kappa shape index (κ1) is 21.1. The van der Waals surface area contributed by atoms with Gasteiger partial charge in [-0.2, -0.15) is 0 Å². The molecule has 1 fully saturated rings. The molecule has 2 N–H and O–H groups in total. The highest BCUT2D eigenvalue weighted by Gasteiger charge is 2.26. The molecule has 2 amide bonds. The summed E-state index contributed by atoms with van der Waals surface area (Å²) in [6, 6.07) is 9.25. The van der Waals surface area contributed by atoms with Gasteiger partial charge in [-0.25, -0.2) is 4.98 Å². The molecule has 1 aromatic heterocycles. The molecular weight excluding hydrogens is 398 g/mol. The van der Waals surface area contributed by atoms with Crippen LogP contribution in [0.15, 0.2) is 36.5 Å². The third-order valence-electron chi connectivity index (χ3n) is 5.46. The van der Waals surface area contributed by atoms with E-state index in [4.69, 9.17) is 9.47 Å². The normalized spacial score (nSPS) is 18.8. The van der Waals surface area contributed by atoms with Gasteiger partial charge in [0.1, 0.15) is 5.75 Å². The molecule has 31 heavy (non-hydrogen) atoms. The van der Waals surface area contributed by atoms with Crippen molar-refractivity contribution < 1.29 is 19.1 Å². The molecule has 0 saturated carbocycles. The third kappa shape index (κ3) is 4.95. The van der Waals surface area contributed by atoms with Crippen molar-refractivity contribution >= 4 is 23.3 Å². The number of rotatable bonds is 6. The van der Waals surface area contributed by atoms with E-state index in [0.717, 1.165) is 24.4 Å². The second kappa shape index (κ2) is 9.32. The molecule has 2 aromatic rings. The number of likely N-dealkylation sites (N-methyl/N-ethyl adjacent to an activating group) is 1. The second-order valence-corrected chi connectivity index (χ2v) is 7.74. The van der Waals surface area contributed by atoms with Crippen LogP contribution in [-0.2, 0) is 16.1 Å². The number of ether oxygens (including phenoxy) is 2. The number of nitrogens with zero attached hydrogens (tertiary/aromatic N) is 3. The summed E-state index contributed by atoms with van der Waals surface area (Å²) in [5, 5.41) is 5.94. The third-order valence-corrected chi connectivity index (χ3v) is 5.46. The number of benzene rings is 1. The molecule has 9 nitrogen and oxygen atoms in total. The van der Waals surface area contributed by atoms with Crippen LogP contribution in [0.3, 0.4) is 0 Å². The molecule has 1 unspecified atom stereocenters. The number of pyridine rings is 1. The quantitative estimate of drug-likeness (QED) is 0.716. The Bertz CT molecular complexity index is 949. The zero-order valence-electron chi connectivity index (χ0n) is 17.8. The van der Waals surface area contributed by atoms with Crippen molar-refractivity contribution in [1.29, 1.82) is 0 Å². The van der Waals surface area contributed by atoms with Crippen molar-refractivity contribution in [3.8, 4) is 5.75 Å². The predicted molar refractivity (Wildman–Crippen MR) is 116 cm³/mol. The summed E-state index contributed by atoms with van der Waals surface area (Å²) in [5.41, 5.74) is 1.95. The molecule has 2 aliphatic heterocycles. The summed E-state index contributed by atoms with van der Waals surface area (Å²) in [4.78, 5) is 33.5. The van der Waals surface area contributed by atoms with Gasteiger partial charge in [0.15, 0.2) is 5.82 Å². The van der Waals surface area contributed by atoms with E-state index in [2.05, 4.69) is 20.5 Å². The Morgan fingerprint density at radius 2 is 2.16 bits per heavy atom. The molecule has 0 spiro atoms. The molecule has 2 aliphatic rings. The van der Waals surface area contributed by atoms with Crippen LogP contribution >= 0.6 is 0 Å². The molecule has 3 heterocycles. The van der Waals surface area contributed by atoms with E-state index in [-0.39, 0.29) is 24.5 Å². The van der Waals surface area contributed by atoms with Crippen molar-refractivity contribution in [3.63, 3.8) is 0 Å². The summed E-state index contributed by atoms with van der Waals surface area (Å²) >= 11 is 0. The number of carbonyl (C=O) groups is 2. The maximum Gasteiger partial charge on any atom is 0.253 e. The minimum absolute atomic E-state index is 0.0388. The first-order valence-electron chi connectivity index (χ1n) is 10.3. The van der Waals surface area contributed by atoms with Gasteiger partial charge in [-0.1, -0.05) is 12.1 Å². The lowest BCUT2D eigenvalue weighted by Gasteiger charge is -2.30. The van der Waals surface area contributed by atoms with Crippen LogP contribution in [0.25, 0.3) is 0 Å². The summed E-state index contributed by atoms with van der Waals surface area (Å²) in [6.07, 6.45) is 1.49. The molecule has 0 bridgehead atoms. The fourth-order valence-corrected chi connectivity index (χ4v) is 3.69. The molecule has 1 saturated heterocycles. The van der Waals surface area contributed by atoms with Gasteiger partial charge in [-0.15, -0.1) is 0 Å². The van der Waals surface area contributed by atoms with Gasteiger partial charge >= 0.3 is 0 Å². The smallest absolute Gasteiger partial charge is 0.253 e. The highest BCUT2D eigenvalue weighted by Crippen LogP contribution is 2.30. The van der Waals surface area contributed by atoms with E-state index in [0.29, 0.717) is 36.8 Å². The molecule has 0 radical (unpaired) electrons. The number of morpholine rings is 1. The van der Waals surface area contributed by atoms with Gasteiger partial charge in [-0.05, 0) is 30.8 Å². The Morgan fingerprint density at radius 1 is 1.35 bits per heavy atom. The fraction of sp³-hybridized carbons (Fsp3) is 0.409. The van der Waals surface area contributed by atoms with Crippen LogP contribution in [-0.4, -0.2) is 74.7 Å². The second-order valence-electron chi connectivity index (χ2n) is 7.74. The lowest BCUT2D eigenvalue weighted by atomic mass is 10.1. The van der Waals surface area contributed by atoms with E-state index in [1.54, 1.807) is 18.1 Å². The fourth-order valence-electron chi connectivity index (χ4n) is 3.69. The Morgan fingerprint density at radius 3 is 2.90 bits per heavy atom. The Hall–Kier alpha value is -3.17. The number of nitrogens with one attached hydrogen (secondary N) is 2. The number of hydrogen-bond acceptors (Lipinski definition) is 7. The average molecular weight is 425 g/mol. The van der Waals surface area contributed by atoms with Gasteiger partial charge in [0, 0.05) is 25.8 Å². The molecule has 1 aromatic carbocycles. The minimum Gasteiger partial charge on any atom is -0.497 e. The first-order chi connectivity index (χ1) is 15.0. The Balaban J connectivity index is 1.48. The van der Waals surface area contributed by atoms with Crippen LogP contribution in [0, 0.1) is 0 Å². The maximum atomic E-state index is 12.7. The molecule has 4 rings (SSSR count). The van der Waals surface area contributed by atoms with Crippen molar-refractivity contribution in [2.45, 2.75) is 12.6 Å². The molecule has 9 heteroatoms. The van der Waals surface area contributed by atoms with Crippen molar-refractivity contribution in [2.75, 3.05) is 57.2 Å². The number of methoxy groups -OCH3 is 1. The van der Waals surface area contributed by atoms with E-state index in [1.807, 2.05) is 31.3 Å². The zero-order valence-corrected chi connectivity index (χ0v) is 17.8. The minimum atomic E-state index is -0.241. The van der Waals surface area contributed by atoms with Gasteiger partial charge < -0.3 is 29.9 Å². The van der Waals surface area contributed by atoms with Crippen molar-refractivity contribution in [3.05, 3.63) is 47.7 Å². The van der Waals surface area contributed by atoms with Crippen LogP contribution in [0.4, 0.5) is 11.5 Å².